The third-order valence-electron chi connectivity index (χ3n) is 8.93. The van der Waals surface area contributed by atoms with Crippen LogP contribution in [0.4, 0.5) is 0 Å². The molecule has 0 saturated heterocycles. The van der Waals surface area contributed by atoms with Crippen molar-refractivity contribution in [3.8, 4) is 45.1 Å². The summed E-state index contributed by atoms with van der Waals surface area (Å²) in [5.74, 6) is 1.21. The van der Waals surface area contributed by atoms with Crippen LogP contribution in [0.15, 0.2) is 103 Å². The smallest absolute Gasteiger partial charge is 0.149 e. The molecule has 2 heterocycles. The lowest BCUT2D eigenvalue weighted by molar-refractivity contribution is 0.477. The molecular formula is C41H37N3O. The van der Waals surface area contributed by atoms with Gasteiger partial charge in [-0.3, -0.25) is 9.55 Å². The van der Waals surface area contributed by atoms with E-state index in [0.717, 1.165) is 55.7 Å². The Bertz CT molecular complexity index is 2230. The van der Waals surface area contributed by atoms with Crippen LogP contribution in [0.3, 0.4) is 0 Å². The number of imidazole rings is 1. The highest BCUT2D eigenvalue weighted by Gasteiger charge is 2.24. The standard InChI is InChI=1S/C41H37N3O/c1-24(2)31-18-19-35-39(37(31)30-17-16-26(4)34(23-30)32-14-9-11-29-12-10-20-42-38(29)32)43-41(33-13-7-8-15-36(33)45)44(35)40-27(5)21-25(3)22-28(40)6/h7-24,45H,1-6H3. The number of benzene rings is 5. The van der Waals surface area contributed by atoms with E-state index < -0.39 is 0 Å². The summed E-state index contributed by atoms with van der Waals surface area (Å²) in [6.07, 6.45) is 1.87. The molecule has 0 bridgehead atoms. The van der Waals surface area contributed by atoms with Crippen LogP contribution in [-0.4, -0.2) is 19.6 Å². The van der Waals surface area contributed by atoms with Crippen LogP contribution in [0.1, 0.15) is 47.6 Å². The molecule has 0 radical (unpaired) electrons. The number of hydrogen-bond acceptors (Lipinski definition) is 3. The van der Waals surface area contributed by atoms with Gasteiger partial charge in [0.15, 0.2) is 0 Å². The van der Waals surface area contributed by atoms with Crippen LogP contribution < -0.4 is 0 Å². The first-order valence-corrected chi connectivity index (χ1v) is 15.6. The maximum absolute atomic E-state index is 11.1. The second kappa shape index (κ2) is 11.0. The summed E-state index contributed by atoms with van der Waals surface area (Å²) < 4.78 is 2.24. The zero-order valence-corrected chi connectivity index (χ0v) is 26.7. The van der Waals surface area contributed by atoms with Gasteiger partial charge in [0.2, 0.25) is 0 Å². The number of aromatic hydroxyl groups is 1. The van der Waals surface area contributed by atoms with Gasteiger partial charge >= 0.3 is 0 Å². The number of pyridine rings is 1. The van der Waals surface area contributed by atoms with Crippen molar-refractivity contribution >= 4 is 21.9 Å². The van der Waals surface area contributed by atoms with E-state index in [0.29, 0.717) is 5.56 Å². The Hall–Kier alpha value is -5.22. The molecule has 0 aliphatic heterocycles. The number of hydrogen-bond donors (Lipinski definition) is 1. The van der Waals surface area contributed by atoms with Gasteiger partial charge in [0, 0.05) is 22.7 Å². The monoisotopic (exact) mass is 587 g/mol. The molecule has 0 amide bonds. The third-order valence-corrected chi connectivity index (χ3v) is 8.93. The maximum Gasteiger partial charge on any atom is 0.149 e. The van der Waals surface area contributed by atoms with Gasteiger partial charge < -0.3 is 5.11 Å². The molecule has 0 spiro atoms. The Kier molecular flexibility index (Phi) is 7.01. The Morgan fingerprint density at radius 2 is 1.40 bits per heavy atom. The van der Waals surface area contributed by atoms with Gasteiger partial charge in [-0.25, -0.2) is 4.98 Å². The molecule has 4 heteroatoms. The van der Waals surface area contributed by atoms with Gasteiger partial charge in [-0.2, -0.15) is 0 Å². The number of para-hydroxylation sites is 2. The van der Waals surface area contributed by atoms with Crippen molar-refractivity contribution in [3.63, 3.8) is 0 Å². The number of aromatic nitrogens is 3. The van der Waals surface area contributed by atoms with Crippen molar-refractivity contribution in [1.29, 1.82) is 0 Å². The minimum Gasteiger partial charge on any atom is -0.507 e. The van der Waals surface area contributed by atoms with Crippen molar-refractivity contribution in [2.75, 3.05) is 0 Å². The summed E-state index contributed by atoms with van der Waals surface area (Å²) in [4.78, 5) is 10.2. The zero-order chi connectivity index (χ0) is 31.4. The van der Waals surface area contributed by atoms with E-state index in [1.54, 1.807) is 6.07 Å². The maximum atomic E-state index is 11.1. The summed E-state index contributed by atoms with van der Waals surface area (Å²) in [5, 5.41) is 12.2. The lowest BCUT2D eigenvalue weighted by Gasteiger charge is -2.18. The predicted octanol–water partition coefficient (Wildman–Crippen LogP) is 10.6. The third kappa shape index (κ3) is 4.78. The summed E-state index contributed by atoms with van der Waals surface area (Å²) >= 11 is 0. The number of fused-ring (bicyclic) bond motifs is 2. The van der Waals surface area contributed by atoms with E-state index in [2.05, 4.69) is 113 Å². The number of nitrogens with zero attached hydrogens (tertiary/aromatic N) is 3. The predicted molar refractivity (Wildman–Crippen MR) is 187 cm³/mol. The van der Waals surface area contributed by atoms with Crippen molar-refractivity contribution in [2.45, 2.75) is 47.5 Å². The second-order valence-electron chi connectivity index (χ2n) is 12.5. The number of phenols is 1. The van der Waals surface area contributed by atoms with Gasteiger partial charge in [-0.05, 0) is 97.3 Å². The highest BCUT2D eigenvalue weighted by Crippen LogP contribution is 2.43. The topological polar surface area (TPSA) is 50.9 Å². The van der Waals surface area contributed by atoms with E-state index in [1.807, 2.05) is 30.5 Å². The summed E-state index contributed by atoms with van der Waals surface area (Å²) in [6, 6.07) is 33.6. The second-order valence-corrected chi connectivity index (χ2v) is 12.5. The molecule has 2 aromatic heterocycles. The minimum absolute atomic E-state index is 0.211. The number of aryl methyl sites for hydroxylation is 4. The molecule has 222 valence electrons. The average molecular weight is 588 g/mol. The van der Waals surface area contributed by atoms with Gasteiger partial charge in [0.25, 0.3) is 0 Å². The molecule has 4 nitrogen and oxygen atoms in total. The van der Waals surface area contributed by atoms with Crippen LogP contribution in [0.5, 0.6) is 5.75 Å². The van der Waals surface area contributed by atoms with Crippen LogP contribution >= 0.6 is 0 Å². The fourth-order valence-electron chi connectivity index (χ4n) is 6.93. The molecule has 1 N–H and O–H groups in total. The van der Waals surface area contributed by atoms with Crippen LogP contribution in [0.25, 0.3) is 61.3 Å². The molecule has 0 saturated carbocycles. The first kappa shape index (κ1) is 28.5. The normalized spacial score (nSPS) is 11.6. The first-order chi connectivity index (χ1) is 21.7. The Morgan fingerprint density at radius 3 is 2.16 bits per heavy atom. The summed E-state index contributed by atoms with van der Waals surface area (Å²) in [7, 11) is 0. The minimum atomic E-state index is 0.211. The van der Waals surface area contributed by atoms with Crippen molar-refractivity contribution in [2.24, 2.45) is 0 Å². The van der Waals surface area contributed by atoms with E-state index in [9.17, 15) is 5.11 Å². The summed E-state index contributed by atoms with van der Waals surface area (Å²) in [5.41, 5.74) is 15.2. The molecule has 0 aliphatic rings. The molecule has 0 fully saturated rings. The van der Waals surface area contributed by atoms with Crippen molar-refractivity contribution < 1.29 is 5.11 Å². The highest BCUT2D eigenvalue weighted by atomic mass is 16.3. The van der Waals surface area contributed by atoms with Crippen LogP contribution in [-0.2, 0) is 0 Å². The number of rotatable bonds is 5. The number of phenolic OH excluding ortho intramolecular Hbond substituents is 1. The first-order valence-electron chi connectivity index (χ1n) is 15.6. The van der Waals surface area contributed by atoms with E-state index >= 15 is 0 Å². The molecule has 7 rings (SSSR count). The quantitative estimate of drug-likeness (QED) is 0.218. The van der Waals surface area contributed by atoms with Crippen LogP contribution in [0.2, 0.25) is 0 Å². The highest BCUT2D eigenvalue weighted by molar-refractivity contribution is 6.00. The largest absolute Gasteiger partial charge is 0.507 e. The van der Waals surface area contributed by atoms with Gasteiger partial charge in [-0.15, -0.1) is 0 Å². The Morgan fingerprint density at radius 1 is 0.667 bits per heavy atom. The zero-order valence-electron chi connectivity index (χ0n) is 26.7. The van der Waals surface area contributed by atoms with E-state index in [-0.39, 0.29) is 11.7 Å². The SMILES string of the molecule is Cc1cc(C)c(-n2c(-c3ccccc3O)nc3c(-c4ccc(C)c(-c5cccc6cccnc56)c4)c(C(C)C)ccc32)c(C)c1. The van der Waals surface area contributed by atoms with E-state index in [4.69, 9.17) is 9.97 Å². The lowest BCUT2D eigenvalue weighted by atomic mass is 9.88. The van der Waals surface area contributed by atoms with Gasteiger partial charge in [-0.1, -0.05) is 86.1 Å². The molecule has 5 aromatic carbocycles. The Labute approximate surface area is 264 Å². The molecule has 0 atom stereocenters. The summed E-state index contributed by atoms with van der Waals surface area (Å²) in [6.45, 7) is 13.1. The fraction of sp³-hybridized carbons (Fsp3) is 0.171. The van der Waals surface area contributed by atoms with E-state index in [1.165, 1.54) is 27.8 Å². The van der Waals surface area contributed by atoms with Crippen molar-refractivity contribution in [3.05, 3.63) is 131 Å². The van der Waals surface area contributed by atoms with Crippen molar-refractivity contribution in [1.82, 2.24) is 14.5 Å². The fourth-order valence-corrected chi connectivity index (χ4v) is 6.93. The van der Waals surface area contributed by atoms with Crippen LogP contribution in [0, 0.1) is 27.7 Å². The molecule has 45 heavy (non-hydrogen) atoms. The molecule has 0 unspecified atom stereocenters. The van der Waals surface area contributed by atoms with Gasteiger partial charge in [0.05, 0.1) is 27.8 Å². The molecular weight excluding hydrogens is 550 g/mol. The molecule has 0 aliphatic carbocycles. The lowest BCUT2D eigenvalue weighted by Crippen LogP contribution is -2.04. The Balaban J connectivity index is 1.58. The average Bonchev–Trinajstić information content (AvgIpc) is 3.39. The molecule has 7 aromatic rings. The van der Waals surface area contributed by atoms with Gasteiger partial charge in [0.1, 0.15) is 11.6 Å².